The monoisotopic (exact) mass is 247 g/mol. The molecule has 2 heterocycles. The Hall–Kier alpha value is -1.39. The van der Waals surface area contributed by atoms with Gasteiger partial charge in [-0.1, -0.05) is 37.3 Å². The van der Waals surface area contributed by atoms with Gasteiger partial charge in [0.05, 0.1) is 24.2 Å². The summed E-state index contributed by atoms with van der Waals surface area (Å²) in [6, 6.07) is 9.67. The van der Waals surface area contributed by atoms with Crippen LogP contribution in [0.4, 0.5) is 0 Å². The van der Waals surface area contributed by atoms with Gasteiger partial charge >= 0.3 is 0 Å². The van der Waals surface area contributed by atoms with E-state index in [1.54, 1.807) is 11.8 Å². The van der Waals surface area contributed by atoms with Crippen LogP contribution in [0.1, 0.15) is 25.6 Å². The van der Waals surface area contributed by atoms with Crippen LogP contribution >= 0.6 is 0 Å². The summed E-state index contributed by atoms with van der Waals surface area (Å²) in [6.07, 6.45) is -1.04. The van der Waals surface area contributed by atoms with E-state index >= 15 is 0 Å². The molecule has 1 aromatic rings. The zero-order chi connectivity index (χ0) is 12.9. The lowest BCUT2D eigenvalue weighted by Crippen LogP contribution is -2.46. The molecule has 4 atom stereocenters. The predicted molar refractivity (Wildman–Crippen MR) is 65.6 cm³/mol. The number of ether oxygens (including phenoxy) is 1. The molecule has 2 fully saturated rings. The van der Waals surface area contributed by atoms with Crippen molar-refractivity contribution in [2.24, 2.45) is 5.92 Å². The van der Waals surface area contributed by atoms with Gasteiger partial charge in [0.25, 0.3) is 0 Å². The number of aliphatic hydroxyl groups is 1. The molecular formula is C14H17NO3. The molecule has 96 valence electrons. The van der Waals surface area contributed by atoms with Gasteiger partial charge in [0.1, 0.15) is 0 Å². The summed E-state index contributed by atoms with van der Waals surface area (Å²) in [6.45, 7) is 4.05. The predicted octanol–water partition coefficient (Wildman–Crippen LogP) is 1.31. The Labute approximate surface area is 106 Å². The Balaban J connectivity index is 2.00. The molecule has 4 nitrogen and oxygen atoms in total. The summed E-state index contributed by atoms with van der Waals surface area (Å²) in [7, 11) is 0. The molecule has 4 heteroatoms. The van der Waals surface area contributed by atoms with Crippen LogP contribution in [0, 0.1) is 5.92 Å². The number of benzene rings is 1. The summed E-state index contributed by atoms with van der Waals surface area (Å²) in [5.41, 5.74) is 0.354. The quantitative estimate of drug-likeness (QED) is 0.814. The first kappa shape index (κ1) is 11.7. The fraction of sp³-hybridized carbons (Fsp3) is 0.500. The van der Waals surface area contributed by atoms with Crippen molar-refractivity contribution in [1.82, 2.24) is 4.90 Å². The number of amides is 1. The number of hydrogen-bond donors (Lipinski definition) is 1. The van der Waals surface area contributed by atoms with E-state index in [9.17, 15) is 9.90 Å². The topological polar surface area (TPSA) is 49.8 Å². The van der Waals surface area contributed by atoms with Crippen molar-refractivity contribution in [1.29, 1.82) is 0 Å². The molecule has 0 bridgehead atoms. The molecule has 2 aliphatic rings. The lowest BCUT2D eigenvalue weighted by molar-refractivity contribution is -0.138. The number of fused-ring (bicyclic) bond motifs is 1. The first-order valence-corrected chi connectivity index (χ1v) is 6.23. The van der Waals surface area contributed by atoms with Crippen LogP contribution in [0.2, 0.25) is 0 Å². The van der Waals surface area contributed by atoms with E-state index in [4.69, 9.17) is 4.74 Å². The van der Waals surface area contributed by atoms with Gasteiger partial charge in [-0.15, -0.1) is 0 Å². The van der Waals surface area contributed by atoms with Crippen LogP contribution in [0.3, 0.4) is 0 Å². The molecule has 0 aromatic heterocycles. The van der Waals surface area contributed by atoms with E-state index in [1.165, 1.54) is 0 Å². The van der Waals surface area contributed by atoms with Crippen molar-refractivity contribution in [3.63, 3.8) is 0 Å². The summed E-state index contributed by atoms with van der Waals surface area (Å²) >= 11 is 0. The summed E-state index contributed by atoms with van der Waals surface area (Å²) in [4.78, 5) is 14.0. The van der Waals surface area contributed by atoms with Gasteiger partial charge in [0.2, 0.25) is 5.91 Å². The van der Waals surface area contributed by atoms with Gasteiger partial charge in [0, 0.05) is 5.56 Å². The molecule has 1 N–H and O–H groups in total. The maximum Gasteiger partial charge on any atom is 0.231 e. The minimum atomic E-state index is -0.668. The number of hydrogen-bond acceptors (Lipinski definition) is 3. The third kappa shape index (κ3) is 1.36. The largest absolute Gasteiger partial charge is 0.390 e. The third-order valence-corrected chi connectivity index (χ3v) is 4.14. The van der Waals surface area contributed by atoms with Gasteiger partial charge in [0.15, 0.2) is 6.23 Å². The first-order valence-electron chi connectivity index (χ1n) is 6.23. The Bertz CT molecular complexity index is 475. The van der Waals surface area contributed by atoms with Crippen molar-refractivity contribution < 1.29 is 14.6 Å². The Morgan fingerprint density at radius 3 is 2.72 bits per heavy atom. The highest BCUT2D eigenvalue weighted by molar-refractivity contribution is 5.84. The van der Waals surface area contributed by atoms with Crippen molar-refractivity contribution in [3.8, 4) is 0 Å². The maximum atomic E-state index is 12.3. The average Bonchev–Trinajstić information content (AvgIpc) is 2.82. The van der Waals surface area contributed by atoms with Crippen molar-refractivity contribution in [3.05, 3.63) is 35.9 Å². The number of nitrogens with zero attached hydrogens (tertiary/aromatic N) is 1. The molecule has 1 amide bonds. The van der Waals surface area contributed by atoms with Crippen LogP contribution in [0.15, 0.2) is 30.3 Å². The zero-order valence-electron chi connectivity index (χ0n) is 10.5. The highest BCUT2D eigenvalue weighted by atomic mass is 16.5. The van der Waals surface area contributed by atoms with Gasteiger partial charge in [-0.3, -0.25) is 4.79 Å². The Kier molecular flexibility index (Phi) is 2.47. The van der Waals surface area contributed by atoms with Crippen LogP contribution in [0.25, 0.3) is 0 Å². The molecule has 2 saturated heterocycles. The lowest BCUT2D eigenvalue weighted by Gasteiger charge is -2.30. The third-order valence-electron chi connectivity index (χ3n) is 4.14. The van der Waals surface area contributed by atoms with Crippen LogP contribution in [-0.2, 0) is 9.53 Å². The van der Waals surface area contributed by atoms with E-state index in [0.29, 0.717) is 6.61 Å². The average molecular weight is 247 g/mol. The first-order chi connectivity index (χ1) is 8.55. The van der Waals surface area contributed by atoms with E-state index < -0.39 is 11.6 Å². The SMILES string of the molecule is CC1C(=O)N2C(c3ccccc3)OCC2(C)C1O. The second-order valence-electron chi connectivity index (χ2n) is 5.37. The normalized spacial score (nSPS) is 39.2. The Morgan fingerprint density at radius 1 is 1.39 bits per heavy atom. The number of carbonyl (C=O) groups excluding carboxylic acids is 1. The van der Waals surface area contributed by atoms with Crippen molar-refractivity contribution in [2.75, 3.05) is 6.61 Å². The number of aliphatic hydroxyl groups excluding tert-OH is 1. The van der Waals surface area contributed by atoms with Crippen molar-refractivity contribution in [2.45, 2.75) is 31.7 Å². The van der Waals surface area contributed by atoms with Gasteiger partial charge in [-0.2, -0.15) is 0 Å². The van der Waals surface area contributed by atoms with E-state index in [1.807, 2.05) is 37.3 Å². The molecule has 18 heavy (non-hydrogen) atoms. The summed E-state index contributed by atoms with van der Waals surface area (Å²) in [5, 5.41) is 10.2. The molecule has 0 spiro atoms. The van der Waals surface area contributed by atoms with Crippen LogP contribution < -0.4 is 0 Å². The van der Waals surface area contributed by atoms with E-state index in [2.05, 4.69) is 0 Å². The second kappa shape index (κ2) is 3.80. The van der Waals surface area contributed by atoms with Gasteiger partial charge in [-0.05, 0) is 6.92 Å². The highest BCUT2D eigenvalue weighted by Gasteiger charge is 2.60. The van der Waals surface area contributed by atoms with Crippen LogP contribution in [-0.4, -0.2) is 34.2 Å². The summed E-state index contributed by atoms with van der Waals surface area (Å²) < 4.78 is 5.74. The standard InChI is InChI=1S/C14H17NO3/c1-9-11(16)14(2)8-18-13(15(14)12(9)17)10-6-4-3-5-7-10/h3-7,9,11,13,16H,8H2,1-2H3. The molecule has 3 rings (SSSR count). The number of carbonyl (C=O) groups is 1. The molecule has 0 saturated carbocycles. The van der Waals surface area contributed by atoms with Crippen molar-refractivity contribution >= 4 is 5.91 Å². The molecule has 2 aliphatic heterocycles. The lowest BCUT2D eigenvalue weighted by atomic mass is 9.92. The zero-order valence-corrected chi connectivity index (χ0v) is 10.5. The molecule has 0 radical (unpaired) electrons. The minimum Gasteiger partial charge on any atom is -0.390 e. The maximum absolute atomic E-state index is 12.3. The molecular weight excluding hydrogens is 230 g/mol. The fourth-order valence-corrected chi connectivity index (χ4v) is 3.01. The fourth-order valence-electron chi connectivity index (χ4n) is 3.01. The van der Waals surface area contributed by atoms with E-state index in [-0.39, 0.29) is 18.1 Å². The molecule has 1 aromatic carbocycles. The van der Waals surface area contributed by atoms with Gasteiger partial charge in [-0.25, -0.2) is 0 Å². The Morgan fingerprint density at radius 2 is 2.06 bits per heavy atom. The highest BCUT2D eigenvalue weighted by Crippen LogP contribution is 2.46. The molecule has 4 unspecified atom stereocenters. The number of rotatable bonds is 1. The minimum absolute atomic E-state index is 0.0312. The smallest absolute Gasteiger partial charge is 0.231 e. The summed E-state index contributed by atoms with van der Waals surface area (Å²) in [5.74, 6) is -0.388. The van der Waals surface area contributed by atoms with E-state index in [0.717, 1.165) is 5.56 Å². The molecule has 0 aliphatic carbocycles. The van der Waals surface area contributed by atoms with Gasteiger partial charge < -0.3 is 14.7 Å². The second-order valence-corrected chi connectivity index (χ2v) is 5.37. The van der Waals surface area contributed by atoms with Crippen LogP contribution in [0.5, 0.6) is 0 Å².